The van der Waals surface area contributed by atoms with Crippen molar-refractivity contribution in [2.45, 2.75) is 13.1 Å². The average molecular weight is 212 g/mol. The third kappa shape index (κ3) is 1.97. The monoisotopic (exact) mass is 211 g/mol. The predicted octanol–water partition coefficient (Wildman–Crippen LogP) is 1.64. The van der Waals surface area contributed by atoms with E-state index in [2.05, 4.69) is 5.10 Å². The van der Waals surface area contributed by atoms with Gasteiger partial charge in [-0.2, -0.15) is 5.10 Å². The predicted molar refractivity (Wildman–Crippen MR) is 52.9 cm³/mol. The highest BCUT2D eigenvalue weighted by atomic mass is 35.5. The molecule has 2 N–H and O–H groups in total. The van der Waals surface area contributed by atoms with Crippen molar-refractivity contribution in [3.8, 4) is 0 Å². The van der Waals surface area contributed by atoms with Gasteiger partial charge in [-0.15, -0.1) is 0 Å². The van der Waals surface area contributed by atoms with Gasteiger partial charge in [0.2, 0.25) is 0 Å². The first-order chi connectivity index (χ1) is 6.78. The van der Waals surface area contributed by atoms with Crippen LogP contribution in [-0.2, 0) is 13.1 Å². The Balaban J connectivity index is 2.10. The van der Waals surface area contributed by atoms with Gasteiger partial charge in [-0.25, -0.2) is 0 Å². The van der Waals surface area contributed by atoms with E-state index >= 15 is 0 Å². The van der Waals surface area contributed by atoms with Crippen LogP contribution in [0.25, 0.3) is 0 Å². The second kappa shape index (κ2) is 3.86. The van der Waals surface area contributed by atoms with Crippen molar-refractivity contribution < 1.29 is 4.42 Å². The third-order valence-electron chi connectivity index (χ3n) is 1.86. The van der Waals surface area contributed by atoms with Crippen LogP contribution in [0.2, 0.25) is 5.02 Å². The molecule has 0 saturated heterocycles. The van der Waals surface area contributed by atoms with Gasteiger partial charge >= 0.3 is 0 Å². The summed E-state index contributed by atoms with van der Waals surface area (Å²) < 4.78 is 6.99. The number of nitrogens with zero attached hydrogens (tertiary/aromatic N) is 2. The topological polar surface area (TPSA) is 57.0 Å². The van der Waals surface area contributed by atoms with E-state index in [9.17, 15) is 0 Å². The molecule has 0 atom stereocenters. The third-order valence-corrected chi connectivity index (χ3v) is 2.06. The summed E-state index contributed by atoms with van der Waals surface area (Å²) in [6, 6.07) is 1.91. The smallest absolute Gasteiger partial charge is 0.125 e. The van der Waals surface area contributed by atoms with Gasteiger partial charge in [0.1, 0.15) is 5.76 Å². The Bertz CT molecular complexity index is 421. The Labute approximate surface area is 86.3 Å². The molecule has 4 nitrogen and oxygen atoms in total. The summed E-state index contributed by atoms with van der Waals surface area (Å²) in [6.45, 7) is 1.07. The van der Waals surface area contributed by atoms with Gasteiger partial charge in [-0.05, 0) is 6.07 Å². The minimum atomic E-state index is 0.489. The quantitative estimate of drug-likeness (QED) is 0.840. The molecule has 0 aliphatic rings. The summed E-state index contributed by atoms with van der Waals surface area (Å²) in [5, 5.41) is 4.66. The largest absolute Gasteiger partial charge is 0.467 e. The molecule has 74 valence electrons. The molecule has 0 radical (unpaired) electrons. The van der Waals surface area contributed by atoms with Gasteiger partial charge in [0, 0.05) is 18.3 Å². The standard InChI is InChI=1S/C9H10ClN3O/c10-8-3-12-13(4-8)5-9-1-7(2-11)6-14-9/h1,3-4,6H,2,5,11H2. The highest BCUT2D eigenvalue weighted by Crippen LogP contribution is 2.10. The average Bonchev–Trinajstić information content (AvgIpc) is 2.76. The minimum absolute atomic E-state index is 0.489. The van der Waals surface area contributed by atoms with Crippen molar-refractivity contribution in [2.75, 3.05) is 0 Å². The summed E-state index contributed by atoms with van der Waals surface area (Å²) in [4.78, 5) is 0. The van der Waals surface area contributed by atoms with Gasteiger partial charge in [0.25, 0.3) is 0 Å². The molecule has 0 aliphatic carbocycles. The molecule has 0 spiro atoms. The second-order valence-electron chi connectivity index (χ2n) is 2.98. The lowest BCUT2D eigenvalue weighted by Crippen LogP contribution is -1.98. The molecule has 0 aliphatic heterocycles. The van der Waals surface area contributed by atoms with Crippen LogP contribution in [-0.4, -0.2) is 9.78 Å². The van der Waals surface area contributed by atoms with Crippen molar-refractivity contribution in [3.63, 3.8) is 0 Å². The van der Waals surface area contributed by atoms with E-state index in [0.29, 0.717) is 18.1 Å². The molecule has 2 aromatic rings. The van der Waals surface area contributed by atoms with Crippen molar-refractivity contribution in [2.24, 2.45) is 5.73 Å². The molecule has 0 bridgehead atoms. The fourth-order valence-corrected chi connectivity index (χ4v) is 1.36. The van der Waals surface area contributed by atoms with Gasteiger partial charge in [0.15, 0.2) is 0 Å². The van der Waals surface area contributed by atoms with E-state index in [1.807, 2.05) is 6.07 Å². The van der Waals surface area contributed by atoms with Crippen molar-refractivity contribution in [1.82, 2.24) is 9.78 Å². The zero-order valence-electron chi connectivity index (χ0n) is 7.48. The molecule has 5 heteroatoms. The van der Waals surface area contributed by atoms with Crippen molar-refractivity contribution in [1.29, 1.82) is 0 Å². The lowest BCUT2D eigenvalue weighted by atomic mass is 10.3. The molecular formula is C9H10ClN3O. The van der Waals surface area contributed by atoms with Crippen molar-refractivity contribution in [3.05, 3.63) is 41.1 Å². The molecule has 0 saturated carbocycles. The van der Waals surface area contributed by atoms with E-state index in [4.69, 9.17) is 21.8 Å². The van der Waals surface area contributed by atoms with E-state index in [1.54, 1.807) is 23.3 Å². The van der Waals surface area contributed by atoms with Crippen LogP contribution >= 0.6 is 11.6 Å². The van der Waals surface area contributed by atoms with Gasteiger partial charge in [-0.3, -0.25) is 4.68 Å². The van der Waals surface area contributed by atoms with Gasteiger partial charge in [-0.1, -0.05) is 11.6 Å². The Morgan fingerprint density at radius 2 is 2.43 bits per heavy atom. The Kier molecular flexibility index (Phi) is 2.56. The number of hydrogen-bond acceptors (Lipinski definition) is 3. The van der Waals surface area contributed by atoms with E-state index < -0.39 is 0 Å². The number of furan rings is 1. The Morgan fingerprint density at radius 3 is 3.00 bits per heavy atom. The normalized spacial score (nSPS) is 10.7. The first-order valence-corrected chi connectivity index (χ1v) is 4.60. The lowest BCUT2D eigenvalue weighted by molar-refractivity contribution is 0.479. The summed E-state index contributed by atoms with van der Waals surface area (Å²) in [5.41, 5.74) is 6.44. The molecule has 2 heterocycles. The summed E-state index contributed by atoms with van der Waals surface area (Å²) in [7, 11) is 0. The molecule has 14 heavy (non-hydrogen) atoms. The van der Waals surface area contributed by atoms with Crippen LogP contribution in [0.5, 0.6) is 0 Å². The van der Waals surface area contributed by atoms with Crippen LogP contribution in [0.1, 0.15) is 11.3 Å². The molecule has 0 fully saturated rings. The second-order valence-corrected chi connectivity index (χ2v) is 3.42. The fraction of sp³-hybridized carbons (Fsp3) is 0.222. The van der Waals surface area contributed by atoms with Crippen LogP contribution in [0.3, 0.4) is 0 Å². The molecule has 2 rings (SSSR count). The number of hydrogen-bond donors (Lipinski definition) is 1. The molecule has 2 aromatic heterocycles. The minimum Gasteiger partial charge on any atom is -0.467 e. The summed E-state index contributed by atoms with van der Waals surface area (Å²) in [5.74, 6) is 0.824. The first kappa shape index (κ1) is 9.30. The maximum Gasteiger partial charge on any atom is 0.125 e. The molecule has 0 aromatic carbocycles. The lowest BCUT2D eigenvalue weighted by Gasteiger charge is -1.95. The Hall–Kier alpha value is -1.26. The highest BCUT2D eigenvalue weighted by Gasteiger charge is 2.02. The molecule has 0 amide bonds. The van der Waals surface area contributed by atoms with Crippen LogP contribution in [0, 0.1) is 0 Å². The zero-order chi connectivity index (χ0) is 9.97. The van der Waals surface area contributed by atoms with Crippen LogP contribution in [0.4, 0.5) is 0 Å². The van der Waals surface area contributed by atoms with E-state index in [-0.39, 0.29) is 0 Å². The van der Waals surface area contributed by atoms with Gasteiger partial charge in [0.05, 0.1) is 24.0 Å². The molecule has 0 unspecified atom stereocenters. The number of rotatable bonds is 3. The summed E-state index contributed by atoms with van der Waals surface area (Å²) in [6.07, 6.45) is 4.99. The van der Waals surface area contributed by atoms with E-state index in [0.717, 1.165) is 11.3 Å². The maximum atomic E-state index is 5.73. The number of halogens is 1. The first-order valence-electron chi connectivity index (χ1n) is 4.22. The van der Waals surface area contributed by atoms with Crippen molar-refractivity contribution >= 4 is 11.6 Å². The number of aromatic nitrogens is 2. The highest BCUT2D eigenvalue weighted by molar-refractivity contribution is 6.30. The fourth-order valence-electron chi connectivity index (χ4n) is 1.20. The maximum absolute atomic E-state index is 5.73. The van der Waals surface area contributed by atoms with Gasteiger partial charge < -0.3 is 10.2 Å². The molecular weight excluding hydrogens is 202 g/mol. The Morgan fingerprint density at radius 1 is 1.57 bits per heavy atom. The SMILES string of the molecule is NCc1coc(Cn2cc(Cl)cn2)c1. The number of nitrogens with two attached hydrogens (primary N) is 1. The van der Waals surface area contributed by atoms with E-state index in [1.165, 1.54) is 0 Å². The van der Waals surface area contributed by atoms with Crippen LogP contribution in [0.15, 0.2) is 29.1 Å². The van der Waals surface area contributed by atoms with Crippen LogP contribution < -0.4 is 5.73 Å². The zero-order valence-corrected chi connectivity index (χ0v) is 8.24. The summed E-state index contributed by atoms with van der Waals surface area (Å²) >= 11 is 5.73.